The van der Waals surface area contributed by atoms with Crippen LogP contribution in [0.2, 0.25) is 0 Å². The summed E-state index contributed by atoms with van der Waals surface area (Å²) in [6.07, 6.45) is 0. The normalized spacial score (nSPS) is 11.6. The van der Waals surface area contributed by atoms with Crippen LogP contribution in [0.3, 0.4) is 0 Å². The van der Waals surface area contributed by atoms with Crippen molar-refractivity contribution >= 4 is 11.9 Å². The smallest absolute Gasteiger partial charge is 0.344 e. The molecule has 27 heavy (non-hydrogen) atoms. The molecule has 0 unspecified atom stereocenters. The number of nitrogens with one attached hydrogen (secondary N) is 1. The van der Waals surface area contributed by atoms with Gasteiger partial charge in [0.15, 0.2) is 6.61 Å². The molecule has 0 aliphatic carbocycles. The lowest BCUT2D eigenvalue weighted by Gasteiger charge is -2.14. The second-order valence-corrected chi connectivity index (χ2v) is 6.10. The van der Waals surface area contributed by atoms with Crippen molar-refractivity contribution in [2.75, 3.05) is 6.61 Å². The molecular weight excluding hydrogens is 344 g/mol. The molecule has 6 heteroatoms. The minimum Gasteiger partial charge on any atom is -0.452 e. The third-order valence-electron chi connectivity index (χ3n) is 4.13. The van der Waals surface area contributed by atoms with Gasteiger partial charge in [-0.25, -0.2) is 4.79 Å². The Morgan fingerprint density at radius 1 is 1.07 bits per heavy atom. The summed E-state index contributed by atoms with van der Waals surface area (Å²) in [5, 5.41) is 6.75. The lowest BCUT2D eigenvalue weighted by atomic mass is 10.1. The topological polar surface area (TPSA) is 81.4 Å². The van der Waals surface area contributed by atoms with Gasteiger partial charge in [-0.2, -0.15) is 0 Å². The second kappa shape index (κ2) is 8.31. The van der Waals surface area contributed by atoms with Gasteiger partial charge in [0.05, 0.1) is 6.04 Å². The van der Waals surface area contributed by atoms with Crippen LogP contribution in [-0.4, -0.2) is 23.6 Å². The maximum absolute atomic E-state index is 12.5. The van der Waals surface area contributed by atoms with Gasteiger partial charge >= 0.3 is 5.97 Å². The molecule has 1 N–H and O–H groups in total. The van der Waals surface area contributed by atoms with Crippen LogP contribution in [0.5, 0.6) is 0 Å². The van der Waals surface area contributed by atoms with E-state index in [0.29, 0.717) is 11.5 Å². The average Bonchev–Trinajstić information content (AvgIpc) is 3.09. The van der Waals surface area contributed by atoms with Crippen LogP contribution in [0.4, 0.5) is 0 Å². The van der Waals surface area contributed by atoms with Crippen molar-refractivity contribution in [3.05, 3.63) is 77.6 Å². The number of benzene rings is 2. The third-order valence-corrected chi connectivity index (χ3v) is 4.13. The molecule has 0 spiro atoms. The van der Waals surface area contributed by atoms with Gasteiger partial charge in [0.25, 0.3) is 5.91 Å². The highest BCUT2D eigenvalue weighted by Gasteiger charge is 2.23. The number of nitrogens with zero attached hydrogens (tertiary/aromatic N) is 1. The summed E-state index contributed by atoms with van der Waals surface area (Å²) in [5.74, 6) is -0.679. The molecule has 0 bridgehead atoms. The van der Waals surface area contributed by atoms with E-state index in [-0.39, 0.29) is 24.1 Å². The Labute approximate surface area is 157 Å². The highest BCUT2D eigenvalue weighted by molar-refractivity contribution is 5.98. The SMILES string of the molecule is Cc1onc(-c2ccccc2)c1C(=O)OCC(=O)N[C@@H](C)c1ccccc1. The zero-order chi connectivity index (χ0) is 19.2. The molecule has 0 aliphatic heterocycles. The maximum Gasteiger partial charge on any atom is 0.344 e. The minimum atomic E-state index is -0.643. The third kappa shape index (κ3) is 4.41. The number of ether oxygens (including phenoxy) is 1. The molecule has 0 radical (unpaired) electrons. The van der Waals surface area contributed by atoms with Crippen molar-refractivity contribution in [2.24, 2.45) is 0 Å². The molecule has 1 heterocycles. The molecule has 0 fully saturated rings. The first-order valence-electron chi connectivity index (χ1n) is 8.59. The second-order valence-electron chi connectivity index (χ2n) is 6.10. The van der Waals surface area contributed by atoms with E-state index in [9.17, 15) is 9.59 Å². The predicted molar refractivity (Wildman–Crippen MR) is 100.0 cm³/mol. The van der Waals surface area contributed by atoms with Gasteiger partial charge < -0.3 is 14.6 Å². The molecule has 1 amide bonds. The summed E-state index contributed by atoms with van der Waals surface area (Å²) in [4.78, 5) is 24.6. The lowest BCUT2D eigenvalue weighted by Crippen LogP contribution is -2.31. The number of aromatic nitrogens is 1. The monoisotopic (exact) mass is 364 g/mol. The number of esters is 1. The highest BCUT2D eigenvalue weighted by atomic mass is 16.5. The molecule has 0 saturated heterocycles. The van der Waals surface area contributed by atoms with Crippen molar-refractivity contribution in [3.8, 4) is 11.3 Å². The van der Waals surface area contributed by atoms with Gasteiger partial charge in [0, 0.05) is 5.56 Å². The summed E-state index contributed by atoms with van der Waals surface area (Å²) in [5.41, 5.74) is 2.34. The van der Waals surface area contributed by atoms with E-state index in [4.69, 9.17) is 9.26 Å². The Bertz CT molecular complexity index is 920. The van der Waals surface area contributed by atoms with Crippen molar-refractivity contribution in [2.45, 2.75) is 19.9 Å². The predicted octanol–water partition coefficient (Wildman–Crippen LogP) is 3.68. The van der Waals surface area contributed by atoms with E-state index in [0.717, 1.165) is 11.1 Å². The van der Waals surface area contributed by atoms with E-state index >= 15 is 0 Å². The van der Waals surface area contributed by atoms with Gasteiger partial charge in [-0.05, 0) is 19.4 Å². The van der Waals surface area contributed by atoms with Gasteiger partial charge in [-0.3, -0.25) is 4.79 Å². The molecule has 2 aromatic carbocycles. The van der Waals surface area contributed by atoms with E-state index in [1.807, 2.05) is 67.6 Å². The summed E-state index contributed by atoms with van der Waals surface area (Å²) in [6, 6.07) is 18.6. The van der Waals surface area contributed by atoms with Crippen LogP contribution in [0.25, 0.3) is 11.3 Å². The van der Waals surface area contributed by atoms with Crippen LogP contribution in [-0.2, 0) is 9.53 Å². The van der Waals surface area contributed by atoms with Crippen molar-refractivity contribution in [1.29, 1.82) is 0 Å². The first kappa shape index (κ1) is 18.4. The van der Waals surface area contributed by atoms with Gasteiger partial charge in [0.1, 0.15) is 17.0 Å². The number of carbonyl (C=O) groups is 2. The van der Waals surface area contributed by atoms with Crippen LogP contribution in [0.15, 0.2) is 65.2 Å². The standard InChI is InChI=1S/C21H20N2O4/c1-14(16-9-5-3-6-10-16)22-18(24)13-26-21(25)19-15(2)27-23-20(19)17-11-7-4-8-12-17/h3-12,14H,13H2,1-2H3,(H,22,24)/t14-/m0/s1. The Morgan fingerprint density at radius 2 is 1.70 bits per heavy atom. The first-order chi connectivity index (χ1) is 13.1. The average molecular weight is 364 g/mol. The summed E-state index contributed by atoms with van der Waals surface area (Å²) >= 11 is 0. The van der Waals surface area contributed by atoms with Crippen LogP contribution >= 0.6 is 0 Å². The largest absolute Gasteiger partial charge is 0.452 e. The molecule has 1 aromatic heterocycles. The number of aryl methyl sites for hydroxylation is 1. The molecule has 1 atom stereocenters. The summed E-state index contributed by atoms with van der Waals surface area (Å²) in [7, 11) is 0. The lowest BCUT2D eigenvalue weighted by molar-refractivity contribution is -0.124. The molecule has 3 aromatic rings. The number of hydrogen-bond acceptors (Lipinski definition) is 5. The number of hydrogen-bond donors (Lipinski definition) is 1. The van der Waals surface area contributed by atoms with Crippen molar-refractivity contribution in [3.63, 3.8) is 0 Å². The van der Waals surface area contributed by atoms with E-state index < -0.39 is 5.97 Å². The molecule has 138 valence electrons. The number of amides is 1. The fraction of sp³-hybridized carbons (Fsp3) is 0.190. The van der Waals surface area contributed by atoms with Crippen molar-refractivity contribution in [1.82, 2.24) is 10.5 Å². The highest BCUT2D eigenvalue weighted by Crippen LogP contribution is 2.25. The Balaban J connectivity index is 1.63. The molecular formula is C21H20N2O4. The fourth-order valence-electron chi connectivity index (χ4n) is 2.72. The Kier molecular flexibility index (Phi) is 5.66. The quantitative estimate of drug-likeness (QED) is 0.675. The van der Waals surface area contributed by atoms with E-state index in [2.05, 4.69) is 10.5 Å². The molecule has 6 nitrogen and oxygen atoms in total. The Morgan fingerprint density at radius 3 is 2.37 bits per heavy atom. The van der Waals surface area contributed by atoms with Gasteiger partial charge in [0.2, 0.25) is 0 Å². The minimum absolute atomic E-state index is 0.186. The summed E-state index contributed by atoms with van der Waals surface area (Å²) in [6.45, 7) is 3.12. The van der Waals surface area contributed by atoms with E-state index in [1.165, 1.54) is 0 Å². The van der Waals surface area contributed by atoms with E-state index in [1.54, 1.807) is 6.92 Å². The van der Waals surface area contributed by atoms with Crippen LogP contribution in [0.1, 0.15) is 34.6 Å². The van der Waals surface area contributed by atoms with Crippen LogP contribution in [0, 0.1) is 6.92 Å². The zero-order valence-electron chi connectivity index (χ0n) is 15.1. The fourth-order valence-corrected chi connectivity index (χ4v) is 2.72. The molecule has 0 saturated carbocycles. The maximum atomic E-state index is 12.5. The number of carbonyl (C=O) groups excluding carboxylic acids is 2. The van der Waals surface area contributed by atoms with Gasteiger partial charge in [-0.1, -0.05) is 65.8 Å². The molecule has 0 aliphatic rings. The Hall–Kier alpha value is -3.41. The molecule has 3 rings (SSSR count). The zero-order valence-corrected chi connectivity index (χ0v) is 15.1. The first-order valence-corrected chi connectivity index (χ1v) is 8.59. The van der Waals surface area contributed by atoms with Crippen molar-refractivity contribution < 1.29 is 18.8 Å². The summed E-state index contributed by atoms with van der Waals surface area (Å²) < 4.78 is 10.3. The number of rotatable bonds is 6. The van der Waals surface area contributed by atoms with Gasteiger partial charge in [-0.15, -0.1) is 0 Å². The van der Waals surface area contributed by atoms with Crippen LogP contribution < -0.4 is 5.32 Å².